The number of carbonyl (C=O) groups is 2. The summed E-state index contributed by atoms with van der Waals surface area (Å²) in [5, 5.41) is 20.4. The van der Waals surface area contributed by atoms with Crippen molar-refractivity contribution in [1.29, 1.82) is 0 Å². The van der Waals surface area contributed by atoms with Crippen molar-refractivity contribution in [2.45, 2.75) is 12.3 Å². The van der Waals surface area contributed by atoms with E-state index in [4.69, 9.17) is 10.5 Å². The molecule has 1 heterocycles. The quantitative estimate of drug-likeness (QED) is 0.549. The normalized spacial score (nSPS) is 11.6. The number of aromatic hydroxyl groups is 2. The average Bonchev–Trinajstić information content (AvgIpc) is 2.60. The van der Waals surface area contributed by atoms with Crippen molar-refractivity contribution >= 4 is 11.9 Å². The van der Waals surface area contributed by atoms with Crippen LogP contribution in [0.25, 0.3) is 0 Å². The van der Waals surface area contributed by atoms with Crippen LogP contribution in [0.5, 0.6) is 17.2 Å². The zero-order valence-electron chi connectivity index (χ0n) is 14.1. The molecule has 1 aromatic heterocycles. The molecule has 9 nitrogen and oxygen atoms in total. The highest BCUT2D eigenvalue weighted by atomic mass is 16.5. The van der Waals surface area contributed by atoms with Crippen molar-refractivity contribution in [1.82, 2.24) is 4.98 Å². The molecule has 0 aliphatic carbocycles. The highest BCUT2D eigenvalue weighted by Gasteiger charge is 2.27. The number of nitrogens with one attached hydrogen (secondary N) is 1. The minimum absolute atomic E-state index is 0.188. The van der Waals surface area contributed by atoms with E-state index >= 15 is 0 Å². The fraction of sp³-hybridized carbons (Fsp3) is 0.235. The summed E-state index contributed by atoms with van der Waals surface area (Å²) in [5.41, 5.74) is 4.38. The second-order valence-electron chi connectivity index (χ2n) is 5.44. The lowest BCUT2D eigenvalue weighted by Crippen LogP contribution is -2.23. The smallest absolute Gasteiger partial charge is 0.343 e. The Kier molecular flexibility index (Phi) is 5.51. The predicted molar refractivity (Wildman–Crippen MR) is 90.4 cm³/mol. The third-order valence-electron chi connectivity index (χ3n) is 3.87. The number of nitrogens with two attached hydrogens (primary N) is 1. The minimum atomic E-state index is -1.00. The molecule has 0 bridgehead atoms. The Balaban J connectivity index is 2.68. The van der Waals surface area contributed by atoms with Gasteiger partial charge >= 0.3 is 5.97 Å². The van der Waals surface area contributed by atoms with Crippen molar-refractivity contribution in [3.63, 3.8) is 0 Å². The van der Waals surface area contributed by atoms with Gasteiger partial charge in [0.05, 0.1) is 19.8 Å². The van der Waals surface area contributed by atoms with Gasteiger partial charge in [-0.3, -0.25) is 9.59 Å². The maximum Gasteiger partial charge on any atom is 0.343 e. The van der Waals surface area contributed by atoms with Gasteiger partial charge in [-0.05, 0) is 17.7 Å². The number of carbonyl (C=O) groups excluding carboxylic acids is 2. The van der Waals surface area contributed by atoms with Crippen LogP contribution in [0.1, 0.15) is 33.8 Å². The molecule has 26 heavy (non-hydrogen) atoms. The largest absolute Gasteiger partial charge is 0.506 e. The number of phenols is 1. The van der Waals surface area contributed by atoms with Crippen LogP contribution in [0.4, 0.5) is 0 Å². The summed E-state index contributed by atoms with van der Waals surface area (Å²) in [6.45, 7) is 0. The number of aromatic amines is 1. The molecule has 138 valence electrons. The first-order valence-electron chi connectivity index (χ1n) is 7.48. The number of phenolic OH excluding ortho intramolecular Hbond substituents is 1. The fourth-order valence-electron chi connectivity index (χ4n) is 2.64. The van der Waals surface area contributed by atoms with Gasteiger partial charge in [0.25, 0.3) is 5.56 Å². The molecule has 0 spiro atoms. The molecular weight excluding hydrogens is 344 g/mol. The number of esters is 1. The van der Waals surface area contributed by atoms with Gasteiger partial charge in [-0.1, -0.05) is 6.07 Å². The standard InChI is InChI=1S/C17H18N2O7/c1-25-12-4-3-8(5-11(12)20)9(6-13(18)21)14-15(22)10(17(24)26-2)7-19-16(14)23/h3-5,7,9,20H,6H2,1-2H3,(H2,18,21)(H2,19,22,23)/t9-/m1/s1. The highest BCUT2D eigenvalue weighted by molar-refractivity contribution is 5.92. The average molecular weight is 362 g/mol. The van der Waals surface area contributed by atoms with E-state index in [0.29, 0.717) is 5.56 Å². The number of amides is 1. The van der Waals surface area contributed by atoms with E-state index in [1.807, 2.05) is 0 Å². The van der Waals surface area contributed by atoms with E-state index in [0.717, 1.165) is 13.3 Å². The molecule has 0 saturated carbocycles. The van der Waals surface area contributed by atoms with Gasteiger partial charge in [0.2, 0.25) is 5.91 Å². The second-order valence-corrected chi connectivity index (χ2v) is 5.44. The number of hydrogen-bond donors (Lipinski definition) is 4. The first kappa shape index (κ1) is 18.8. The van der Waals surface area contributed by atoms with Crippen LogP contribution in [0.15, 0.2) is 29.2 Å². The van der Waals surface area contributed by atoms with E-state index in [9.17, 15) is 24.6 Å². The van der Waals surface area contributed by atoms with E-state index in [-0.39, 0.29) is 29.0 Å². The van der Waals surface area contributed by atoms with E-state index in [1.165, 1.54) is 25.3 Å². The number of benzene rings is 1. The first-order chi connectivity index (χ1) is 12.3. The SMILES string of the molecule is COC(=O)c1c[nH]c(=O)c([C@H](CC(N)=O)c2ccc(OC)c(O)c2)c1O. The van der Waals surface area contributed by atoms with Gasteiger partial charge in [0, 0.05) is 18.5 Å². The summed E-state index contributed by atoms with van der Waals surface area (Å²) in [6.07, 6.45) is 0.673. The lowest BCUT2D eigenvalue weighted by molar-refractivity contribution is -0.118. The molecule has 5 N–H and O–H groups in total. The Hall–Kier alpha value is -3.49. The molecule has 0 radical (unpaired) electrons. The van der Waals surface area contributed by atoms with Crippen LogP contribution in [-0.4, -0.2) is 41.3 Å². The molecule has 0 unspecified atom stereocenters. The molecule has 2 rings (SSSR count). The number of ether oxygens (including phenoxy) is 2. The predicted octanol–water partition coefficient (Wildman–Crippen LogP) is 0.589. The Morgan fingerprint density at radius 2 is 1.96 bits per heavy atom. The summed E-state index contributed by atoms with van der Waals surface area (Å²) in [5.74, 6) is -3.27. The monoisotopic (exact) mass is 362 g/mol. The third kappa shape index (κ3) is 3.61. The van der Waals surface area contributed by atoms with Gasteiger partial charge < -0.3 is 30.4 Å². The van der Waals surface area contributed by atoms with Crippen molar-refractivity contribution < 1.29 is 29.3 Å². The lowest BCUT2D eigenvalue weighted by atomic mass is 9.87. The molecule has 0 saturated heterocycles. The highest BCUT2D eigenvalue weighted by Crippen LogP contribution is 2.37. The fourth-order valence-corrected chi connectivity index (χ4v) is 2.64. The van der Waals surface area contributed by atoms with Gasteiger partial charge in [-0.2, -0.15) is 0 Å². The minimum Gasteiger partial charge on any atom is -0.506 e. The van der Waals surface area contributed by atoms with Gasteiger partial charge in [0.1, 0.15) is 11.3 Å². The number of aromatic nitrogens is 1. The third-order valence-corrected chi connectivity index (χ3v) is 3.87. The van der Waals surface area contributed by atoms with Crippen molar-refractivity contribution in [3.8, 4) is 17.2 Å². The maximum atomic E-state index is 12.3. The van der Waals surface area contributed by atoms with Gasteiger partial charge in [-0.15, -0.1) is 0 Å². The Morgan fingerprint density at radius 1 is 1.27 bits per heavy atom. The Labute approximate surface area is 148 Å². The molecule has 9 heteroatoms. The van der Waals surface area contributed by atoms with E-state index in [1.54, 1.807) is 0 Å². The number of primary amides is 1. The van der Waals surface area contributed by atoms with Crippen molar-refractivity contribution in [3.05, 3.63) is 51.4 Å². The molecule has 1 atom stereocenters. The van der Waals surface area contributed by atoms with E-state index in [2.05, 4.69) is 9.72 Å². The topological polar surface area (TPSA) is 152 Å². The molecule has 0 aliphatic heterocycles. The van der Waals surface area contributed by atoms with Gasteiger partial charge in [-0.25, -0.2) is 4.79 Å². The summed E-state index contributed by atoms with van der Waals surface area (Å²) in [4.78, 5) is 37.9. The Bertz CT molecular complexity index is 904. The molecule has 1 aromatic carbocycles. The van der Waals surface area contributed by atoms with Crippen LogP contribution in [0.3, 0.4) is 0 Å². The molecule has 2 aromatic rings. The van der Waals surface area contributed by atoms with Crippen LogP contribution >= 0.6 is 0 Å². The molecular formula is C17H18N2O7. The van der Waals surface area contributed by atoms with Crippen LogP contribution in [0.2, 0.25) is 0 Å². The summed E-state index contributed by atoms with van der Waals surface area (Å²) in [7, 11) is 2.49. The van der Waals surface area contributed by atoms with Crippen LogP contribution in [0, 0.1) is 0 Å². The molecule has 0 aliphatic rings. The summed E-state index contributed by atoms with van der Waals surface area (Å²) < 4.78 is 9.52. The van der Waals surface area contributed by atoms with Crippen LogP contribution in [-0.2, 0) is 9.53 Å². The summed E-state index contributed by atoms with van der Waals surface area (Å²) >= 11 is 0. The van der Waals surface area contributed by atoms with Crippen molar-refractivity contribution in [2.75, 3.05) is 14.2 Å². The summed E-state index contributed by atoms with van der Waals surface area (Å²) in [6, 6.07) is 4.24. The number of pyridine rings is 1. The number of methoxy groups -OCH3 is 2. The van der Waals surface area contributed by atoms with E-state index < -0.39 is 29.1 Å². The zero-order valence-corrected chi connectivity index (χ0v) is 14.1. The molecule has 0 fully saturated rings. The van der Waals surface area contributed by atoms with Gasteiger partial charge in [0.15, 0.2) is 11.5 Å². The Morgan fingerprint density at radius 3 is 2.50 bits per heavy atom. The number of H-pyrrole nitrogens is 1. The number of hydrogen-bond acceptors (Lipinski definition) is 7. The molecule has 1 amide bonds. The number of rotatable bonds is 6. The second kappa shape index (κ2) is 7.60. The van der Waals surface area contributed by atoms with Crippen molar-refractivity contribution in [2.24, 2.45) is 5.73 Å². The van der Waals surface area contributed by atoms with Crippen LogP contribution < -0.4 is 16.0 Å². The zero-order chi connectivity index (χ0) is 19.4. The lowest BCUT2D eigenvalue weighted by Gasteiger charge is -2.18. The first-order valence-corrected chi connectivity index (χ1v) is 7.48. The maximum absolute atomic E-state index is 12.3.